The zero-order valence-electron chi connectivity index (χ0n) is 14.2. The van der Waals surface area contributed by atoms with Crippen LogP contribution in [0, 0.1) is 19.7 Å². The van der Waals surface area contributed by atoms with Crippen molar-refractivity contribution in [3.05, 3.63) is 53.1 Å². The van der Waals surface area contributed by atoms with E-state index in [2.05, 4.69) is 0 Å². The summed E-state index contributed by atoms with van der Waals surface area (Å²) in [6.45, 7) is 3.54. The van der Waals surface area contributed by atoms with Crippen molar-refractivity contribution < 1.29 is 22.3 Å². The number of aromatic nitrogens is 1. The van der Waals surface area contributed by atoms with Gasteiger partial charge in [0.25, 0.3) is 0 Å². The van der Waals surface area contributed by atoms with E-state index in [0.717, 1.165) is 11.4 Å². The van der Waals surface area contributed by atoms with E-state index in [1.54, 1.807) is 6.07 Å². The standard InChI is InChI=1S/C18H20FNO4S/c1-12-9-17(13(2)20(12)15-7-8-25(22,23)11-15)18(21)10-24-16-5-3-14(19)4-6-16/h3-6,9,15H,7-8,10-11H2,1-2H3/t15-/m0/s1. The molecule has 7 heteroatoms. The molecule has 0 spiro atoms. The highest BCUT2D eigenvalue weighted by Gasteiger charge is 2.31. The molecule has 0 unspecified atom stereocenters. The molecule has 1 aromatic carbocycles. The Bertz CT molecular complexity index is 900. The number of nitrogens with zero attached hydrogens (tertiary/aromatic N) is 1. The minimum Gasteiger partial charge on any atom is -0.485 e. The lowest BCUT2D eigenvalue weighted by Crippen LogP contribution is -2.16. The van der Waals surface area contributed by atoms with E-state index < -0.39 is 9.84 Å². The number of benzene rings is 1. The number of sulfone groups is 1. The number of carbonyl (C=O) groups excluding carboxylic acids is 1. The number of halogens is 1. The van der Waals surface area contributed by atoms with Crippen molar-refractivity contribution in [3.8, 4) is 5.75 Å². The van der Waals surface area contributed by atoms with Crippen LogP contribution < -0.4 is 4.74 Å². The van der Waals surface area contributed by atoms with Gasteiger partial charge in [-0.1, -0.05) is 0 Å². The summed E-state index contributed by atoms with van der Waals surface area (Å²) in [7, 11) is -3.00. The first kappa shape index (κ1) is 17.7. The first-order valence-corrected chi connectivity index (χ1v) is 9.89. The van der Waals surface area contributed by atoms with Crippen molar-refractivity contribution in [2.24, 2.45) is 0 Å². The van der Waals surface area contributed by atoms with Crippen LogP contribution in [0.1, 0.15) is 34.2 Å². The molecule has 1 aliphatic rings. The van der Waals surface area contributed by atoms with Crippen molar-refractivity contribution in [3.63, 3.8) is 0 Å². The molecule has 2 heterocycles. The fraction of sp³-hybridized carbons (Fsp3) is 0.389. The number of aryl methyl sites for hydroxylation is 1. The van der Waals surface area contributed by atoms with Crippen LogP contribution in [0.25, 0.3) is 0 Å². The molecule has 1 aromatic heterocycles. The fourth-order valence-electron chi connectivity index (χ4n) is 3.36. The van der Waals surface area contributed by atoms with Gasteiger partial charge in [-0.25, -0.2) is 12.8 Å². The molecule has 1 fully saturated rings. The van der Waals surface area contributed by atoms with Crippen LogP contribution in [0.15, 0.2) is 30.3 Å². The van der Waals surface area contributed by atoms with Gasteiger partial charge < -0.3 is 9.30 Å². The van der Waals surface area contributed by atoms with Crippen LogP contribution in [0.3, 0.4) is 0 Å². The largest absolute Gasteiger partial charge is 0.485 e. The molecule has 1 saturated heterocycles. The third kappa shape index (κ3) is 3.76. The second kappa shape index (κ2) is 6.63. The molecule has 0 amide bonds. The summed E-state index contributed by atoms with van der Waals surface area (Å²) in [6, 6.07) is 7.13. The summed E-state index contributed by atoms with van der Waals surface area (Å²) < 4.78 is 43.7. The van der Waals surface area contributed by atoms with Gasteiger partial charge in [0.05, 0.1) is 11.5 Å². The van der Waals surface area contributed by atoms with Gasteiger partial charge in [0.2, 0.25) is 5.78 Å². The normalized spacial score (nSPS) is 19.1. The predicted molar refractivity (Wildman–Crippen MR) is 92.4 cm³/mol. The van der Waals surface area contributed by atoms with Crippen molar-refractivity contribution in [2.45, 2.75) is 26.3 Å². The Morgan fingerprint density at radius 3 is 2.56 bits per heavy atom. The van der Waals surface area contributed by atoms with Crippen LogP contribution in [0.2, 0.25) is 0 Å². The molecule has 1 atom stereocenters. The Balaban J connectivity index is 1.75. The van der Waals surface area contributed by atoms with Crippen LogP contribution >= 0.6 is 0 Å². The lowest BCUT2D eigenvalue weighted by molar-refractivity contribution is 0.0920. The smallest absolute Gasteiger partial charge is 0.202 e. The van der Waals surface area contributed by atoms with E-state index in [9.17, 15) is 17.6 Å². The van der Waals surface area contributed by atoms with Gasteiger partial charge in [0, 0.05) is 23.0 Å². The summed E-state index contributed by atoms with van der Waals surface area (Å²) in [5, 5.41) is 0. The number of ether oxygens (including phenoxy) is 1. The van der Waals surface area contributed by atoms with Gasteiger partial charge >= 0.3 is 0 Å². The molecule has 0 aliphatic carbocycles. The molecule has 3 rings (SSSR count). The molecule has 25 heavy (non-hydrogen) atoms. The molecular weight excluding hydrogens is 345 g/mol. The Morgan fingerprint density at radius 2 is 1.96 bits per heavy atom. The van der Waals surface area contributed by atoms with E-state index in [0.29, 0.717) is 17.7 Å². The second-order valence-corrected chi connectivity index (χ2v) is 8.61. The van der Waals surface area contributed by atoms with E-state index >= 15 is 0 Å². The highest BCUT2D eigenvalue weighted by atomic mass is 32.2. The summed E-state index contributed by atoms with van der Waals surface area (Å²) in [4.78, 5) is 12.5. The van der Waals surface area contributed by atoms with Gasteiger partial charge in [-0.15, -0.1) is 0 Å². The average Bonchev–Trinajstić information content (AvgIpc) is 3.05. The van der Waals surface area contributed by atoms with E-state index in [-0.39, 0.29) is 35.8 Å². The topological polar surface area (TPSA) is 65.4 Å². The number of Topliss-reactive ketones (excluding diaryl/α,β-unsaturated/α-hetero) is 1. The first-order valence-electron chi connectivity index (χ1n) is 8.07. The lowest BCUT2D eigenvalue weighted by Gasteiger charge is -2.16. The molecular formula is C18H20FNO4S. The van der Waals surface area contributed by atoms with Crippen LogP contribution in [-0.4, -0.2) is 36.9 Å². The molecule has 0 N–H and O–H groups in total. The summed E-state index contributed by atoms with van der Waals surface area (Å²) >= 11 is 0. The minimum atomic E-state index is -3.00. The van der Waals surface area contributed by atoms with Crippen molar-refractivity contribution in [1.82, 2.24) is 4.57 Å². The summed E-state index contributed by atoms with van der Waals surface area (Å²) in [5.74, 6) is 0.165. The maximum Gasteiger partial charge on any atom is 0.202 e. The molecule has 5 nitrogen and oxygen atoms in total. The minimum absolute atomic E-state index is 0.114. The van der Waals surface area contributed by atoms with Crippen molar-refractivity contribution in [1.29, 1.82) is 0 Å². The summed E-state index contributed by atoms with van der Waals surface area (Å²) in [6.07, 6.45) is 0.568. The average molecular weight is 365 g/mol. The Morgan fingerprint density at radius 1 is 1.28 bits per heavy atom. The molecule has 134 valence electrons. The SMILES string of the molecule is Cc1cc(C(=O)COc2ccc(F)cc2)c(C)n1[C@H]1CCS(=O)(=O)C1. The zero-order chi connectivity index (χ0) is 18.2. The molecule has 1 aliphatic heterocycles. The number of hydrogen-bond donors (Lipinski definition) is 0. The van der Waals surface area contributed by atoms with Crippen molar-refractivity contribution >= 4 is 15.6 Å². The maximum atomic E-state index is 12.9. The van der Waals surface area contributed by atoms with E-state index in [4.69, 9.17) is 4.74 Å². The van der Waals surface area contributed by atoms with Gasteiger partial charge in [0.15, 0.2) is 16.4 Å². The Hall–Kier alpha value is -2.15. The second-order valence-electron chi connectivity index (χ2n) is 6.38. The highest BCUT2D eigenvalue weighted by Crippen LogP contribution is 2.29. The number of hydrogen-bond acceptors (Lipinski definition) is 4. The fourth-order valence-corrected chi connectivity index (χ4v) is 5.06. The van der Waals surface area contributed by atoms with Crippen molar-refractivity contribution in [2.75, 3.05) is 18.1 Å². The van der Waals surface area contributed by atoms with Gasteiger partial charge in [0.1, 0.15) is 11.6 Å². The van der Waals surface area contributed by atoms with Crippen LogP contribution in [0.4, 0.5) is 4.39 Å². The highest BCUT2D eigenvalue weighted by molar-refractivity contribution is 7.91. The van der Waals surface area contributed by atoms with Gasteiger partial charge in [-0.05, 0) is 50.6 Å². The number of ketones is 1. The predicted octanol–water partition coefficient (Wildman–Crippen LogP) is 2.87. The van der Waals surface area contributed by atoms with E-state index in [1.165, 1.54) is 24.3 Å². The zero-order valence-corrected chi connectivity index (χ0v) is 15.0. The Labute approximate surface area is 146 Å². The molecule has 0 saturated carbocycles. The molecule has 2 aromatic rings. The third-order valence-electron chi connectivity index (χ3n) is 4.54. The van der Waals surface area contributed by atoms with Crippen LogP contribution in [0.5, 0.6) is 5.75 Å². The summed E-state index contributed by atoms with van der Waals surface area (Å²) in [5.41, 5.74) is 2.15. The van der Waals surface area contributed by atoms with Gasteiger partial charge in [-0.3, -0.25) is 4.79 Å². The maximum absolute atomic E-state index is 12.9. The van der Waals surface area contributed by atoms with Crippen LogP contribution in [-0.2, 0) is 9.84 Å². The van der Waals surface area contributed by atoms with E-state index in [1.807, 2.05) is 18.4 Å². The number of carbonyl (C=O) groups is 1. The monoisotopic (exact) mass is 365 g/mol. The van der Waals surface area contributed by atoms with Gasteiger partial charge in [-0.2, -0.15) is 0 Å². The lowest BCUT2D eigenvalue weighted by atomic mass is 10.1. The number of rotatable bonds is 5. The third-order valence-corrected chi connectivity index (χ3v) is 6.29. The first-order chi connectivity index (χ1) is 11.8. The quantitative estimate of drug-likeness (QED) is 0.764. The Kier molecular flexibility index (Phi) is 4.69. The molecule has 0 radical (unpaired) electrons. The molecule has 0 bridgehead atoms.